The Hall–Kier alpha value is -0.000000000000000111. The molecule has 0 saturated heterocycles. The third-order valence-corrected chi connectivity index (χ3v) is 5.62. The number of sulfone groups is 1. The summed E-state index contributed by atoms with van der Waals surface area (Å²) in [5, 5.41) is 0.988. The molecule has 0 bridgehead atoms. The first-order valence-corrected chi connectivity index (χ1v) is 8.92. The highest BCUT2D eigenvalue weighted by Gasteiger charge is 2.06. The molecule has 0 N–H and O–H groups in total. The van der Waals surface area contributed by atoms with Crippen LogP contribution in [0, 0.1) is 5.92 Å². The van der Waals surface area contributed by atoms with Gasteiger partial charge in [0.1, 0.15) is 0 Å². The van der Waals surface area contributed by atoms with E-state index in [0.717, 1.165) is 16.0 Å². The number of hydrogen-bond donors (Lipinski definition) is 0. The molecule has 5 heteroatoms. The molecule has 16 heavy (non-hydrogen) atoms. The molecular weight excluding hydrogens is 308 g/mol. The minimum absolute atomic E-state index is 0.380. The van der Waals surface area contributed by atoms with Gasteiger partial charge in [-0.2, -0.15) is 0 Å². The standard InChI is InChI=1S/C11H15BrO2S2/c1-9(7-12)8-15-10-3-5-11(6-4-10)16(2,13)14/h3-6,9H,7-8H2,1-2H3. The van der Waals surface area contributed by atoms with Crippen molar-refractivity contribution >= 4 is 37.5 Å². The molecule has 90 valence electrons. The lowest BCUT2D eigenvalue weighted by atomic mass is 10.3. The molecule has 0 aromatic heterocycles. The fourth-order valence-electron chi connectivity index (χ4n) is 1.07. The summed E-state index contributed by atoms with van der Waals surface area (Å²) in [6, 6.07) is 7.05. The Morgan fingerprint density at radius 2 is 1.88 bits per heavy atom. The Balaban J connectivity index is 2.66. The number of benzene rings is 1. The van der Waals surface area contributed by atoms with Gasteiger partial charge in [-0.25, -0.2) is 8.42 Å². The first-order chi connectivity index (χ1) is 7.43. The molecule has 1 aromatic carbocycles. The van der Waals surface area contributed by atoms with Gasteiger partial charge in [-0.3, -0.25) is 0 Å². The lowest BCUT2D eigenvalue weighted by Gasteiger charge is -2.07. The van der Waals surface area contributed by atoms with Gasteiger partial charge in [-0.15, -0.1) is 11.8 Å². The highest BCUT2D eigenvalue weighted by atomic mass is 79.9. The van der Waals surface area contributed by atoms with E-state index in [4.69, 9.17) is 0 Å². The van der Waals surface area contributed by atoms with Crippen LogP contribution in [0.25, 0.3) is 0 Å². The van der Waals surface area contributed by atoms with Crippen LogP contribution < -0.4 is 0 Å². The van der Waals surface area contributed by atoms with Crippen molar-refractivity contribution < 1.29 is 8.42 Å². The van der Waals surface area contributed by atoms with Gasteiger partial charge in [-0.05, 0) is 30.2 Å². The first kappa shape index (κ1) is 14.1. The second kappa shape index (κ2) is 6.07. The van der Waals surface area contributed by atoms with Crippen molar-refractivity contribution in [2.45, 2.75) is 16.7 Å². The zero-order valence-corrected chi connectivity index (χ0v) is 12.5. The Kier molecular flexibility index (Phi) is 5.34. The Morgan fingerprint density at radius 1 is 1.31 bits per heavy atom. The molecule has 0 aliphatic heterocycles. The molecule has 0 heterocycles. The summed E-state index contributed by atoms with van der Waals surface area (Å²) in [5.74, 6) is 1.64. The van der Waals surface area contributed by atoms with Crippen molar-refractivity contribution in [3.05, 3.63) is 24.3 Å². The largest absolute Gasteiger partial charge is 0.224 e. The highest BCUT2D eigenvalue weighted by molar-refractivity contribution is 9.09. The van der Waals surface area contributed by atoms with E-state index >= 15 is 0 Å². The molecule has 1 aromatic rings. The summed E-state index contributed by atoms with van der Waals surface area (Å²) in [7, 11) is -3.07. The van der Waals surface area contributed by atoms with Gasteiger partial charge in [0.05, 0.1) is 4.90 Å². The van der Waals surface area contributed by atoms with Crippen LogP contribution >= 0.6 is 27.7 Å². The van der Waals surface area contributed by atoms with Crippen molar-refractivity contribution in [1.29, 1.82) is 0 Å². The molecule has 0 radical (unpaired) electrons. The molecule has 1 atom stereocenters. The molecule has 1 unspecified atom stereocenters. The Morgan fingerprint density at radius 3 is 2.31 bits per heavy atom. The maximum Gasteiger partial charge on any atom is 0.175 e. The van der Waals surface area contributed by atoms with E-state index in [0.29, 0.717) is 10.8 Å². The van der Waals surface area contributed by atoms with Crippen LogP contribution in [0.4, 0.5) is 0 Å². The van der Waals surface area contributed by atoms with Crippen LogP contribution in [0.1, 0.15) is 6.92 Å². The van der Waals surface area contributed by atoms with E-state index < -0.39 is 9.84 Å². The van der Waals surface area contributed by atoms with Gasteiger partial charge < -0.3 is 0 Å². The number of alkyl halides is 1. The van der Waals surface area contributed by atoms with Crippen LogP contribution in [-0.4, -0.2) is 25.8 Å². The van der Waals surface area contributed by atoms with Gasteiger partial charge in [0.15, 0.2) is 9.84 Å². The SMILES string of the molecule is CC(CBr)CSc1ccc(S(C)(=O)=O)cc1. The topological polar surface area (TPSA) is 34.1 Å². The summed E-state index contributed by atoms with van der Waals surface area (Å²) in [5.41, 5.74) is 0. The van der Waals surface area contributed by atoms with E-state index in [1.807, 2.05) is 12.1 Å². The quantitative estimate of drug-likeness (QED) is 0.616. The van der Waals surface area contributed by atoms with E-state index in [1.165, 1.54) is 6.26 Å². The summed E-state index contributed by atoms with van der Waals surface area (Å²) < 4.78 is 22.5. The first-order valence-electron chi connectivity index (χ1n) is 4.92. The minimum Gasteiger partial charge on any atom is -0.224 e. The lowest BCUT2D eigenvalue weighted by Crippen LogP contribution is -1.99. The average Bonchev–Trinajstić information content (AvgIpc) is 2.25. The maximum atomic E-state index is 11.2. The monoisotopic (exact) mass is 322 g/mol. The lowest BCUT2D eigenvalue weighted by molar-refractivity contribution is 0.602. The van der Waals surface area contributed by atoms with Gasteiger partial charge in [-0.1, -0.05) is 22.9 Å². The van der Waals surface area contributed by atoms with Crippen molar-refractivity contribution in [3.63, 3.8) is 0 Å². The van der Waals surface area contributed by atoms with E-state index in [-0.39, 0.29) is 0 Å². The third kappa shape index (κ3) is 4.47. The van der Waals surface area contributed by atoms with Crippen LogP contribution in [-0.2, 0) is 9.84 Å². The second-order valence-electron chi connectivity index (χ2n) is 3.81. The summed E-state index contributed by atoms with van der Waals surface area (Å²) in [6.45, 7) is 2.17. The molecule has 2 nitrogen and oxygen atoms in total. The molecule has 0 saturated carbocycles. The van der Waals surface area contributed by atoms with Crippen LogP contribution in [0.5, 0.6) is 0 Å². The summed E-state index contributed by atoms with van der Waals surface area (Å²) >= 11 is 5.18. The highest BCUT2D eigenvalue weighted by Crippen LogP contribution is 2.22. The van der Waals surface area contributed by atoms with Crippen LogP contribution in [0.15, 0.2) is 34.1 Å². The van der Waals surface area contributed by atoms with Gasteiger partial charge in [0.2, 0.25) is 0 Å². The number of hydrogen-bond acceptors (Lipinski definition) is 3. The molecule has 0 amide bonds. The van der Waals surface area contributed by atoms with Gasteiger partial charge in [0.25, 0.3) is 0 Å². The van der Waals surface area contributed by atoms with Crippen molar-refractivity contribution in [2.75, 3.05) is 17.3 Å². The summed E-state index contributed by atoms with van der Waals surface area (Å²) in [6.07, 6.45) is 1.22. The Labute approximate surface area is 110 Å². The third-order valence-electron chi connectivity index (χ3n) is 2.05. The fourth-order valence-corrected chi connectivity index (χ4v) is 3.15. The molecule has 0 aliphatic carbocycles. The molecule has 0 fully saturated rings. The second-order valence-corrected chi connectivity index (χ2v) is 7.57. The molecular formula is C11H15BrO2S2. The normalized spacial score (nSPS) is 13.7. The average molecular weight is 323 g/mol. The zero-order valence-electron chi connectivity index (χ0n) is 9.31. The van der Waals surface area contributed by atoms with Crippen LogP contribution in [0.2, 0.25) is 0 Å². The number of halogens is 1. The minimum atomic E-state index is -3.07. The zero-order chi connectivity index (χ0) is 12.2. The van der Waals surface area contributed by atoms with E-state index in [2.05, 4.69) is 22.9 Å². The maximum absolute atomic E-state index is 11.2. The van der Waals surface area contributed by atoms with Gasteiger partial charge in [0, 0.05) is 22.2 Å². The molecule has 0 spiro atoms. The van der Waals surface area contributed by atoms with Crippen LogP contribution in [0.3, 0.4) is 0 Å². The Bertz CT molecular complexity index is 426. The number of thioether (sulfide) groups is 1. The number of rotatable bonds is 5. The molecule has 1 rings (SSSR count). The van der Waals surface area contributed by atoms with E-state index in [1.54, 1.807) is 23.9 Å². The summed E-state index contributed by atoms with van der Waals surface area (Å²) in [4.78, 5) is 1.49. The van der Waals surface area contributed by atoms with Crippen molar-refractivity contribution in [2.24, 2.45) is 5.92 Å². The predicted octanol–water partition coefficient (Wildman–Crippen LogP) is 3.21. The fraction of sp³-hybridized carbons (Fsp3) is 0.455. The van der Waals surface area contributed by atoms with Gasteiger partial charge >= 0.3 is 0 Å². The van der Waals surface area contributed by atoms with E-state index in [9.17, 15) is 8.42 Å². The molecule has 0 aliphatic rings. The smallest absolute Gasteiger partial charge is 0.175 e. The predicted molar refractivity (Wildman–Crippen MR) is 73.2 cm³/mol. The van der Waals surface area contributed by atoms with Crippen molar-refractivity contribution in [3.8, 4) is 0 Å². The van der Waals surface area contributed by atoms with Crippen molar-refractivity contribution in [1.82, 2.24) is 0 Å².